The molecule has 0 aliphatic carbocycles. The van der Waals surface area contributed by atoms with E-state index in [0.29, 0.717) is 13.0 Å². The van der Waals surface area contributed by atoms with Crippen LogP contribution in [0.15, 0.2) is 22.7 Å². The third kappa shape index (κ3) is 5.20. The molecule has 5 heteroatoms. The van der Waals surface area contributed by atoms with Gasteiger partial charge in [0.05, 0.1) is 13.0 Å². The Kier molecular flexibility index (Phi) is 6.87. The average molecular weight is 329 g/mol. The minimum Gasteiger partial charge on any atom is -0.493 e. The first-order chi connectivity index (χ1) is 9.08. The summed E-state index contributed by atoms with van der Waals surface area (Å²) in [5, 5.41) is 5.94. The minimum absolute atomic E-state index is 0.0173. The Labute approximate surface area is 123 Å². The number of rotatable bonds is 7. The topological polar surface area (TPSA) is 50.4 Å². The SMILES string of the molecule is CCNC(C)c1ccc(Br)cc1OCCC(=O)NC. The highest BCUT2D eigenvalue weighted by Gasteiger charge is 2.11. The molecule has 0 aliphatic heterocycles. The third-order valence-electron chi connectivity index (χ3n) is 2.82. The second-order valence-corrected chi connectivity index (χ2v) is 5.15. The van der Waals surface area contributed by atoms with Gasteiger partial charge >= 0.3 is 0 Å². The zero-order valence-electron chi connectivity index (χ0n) is 11.6. The van der Waals surface area contributed by atoms with Gasteiger partial charge in [0, 0.05) is 23.1 Å². The van der Waals surface area contributed by atoms with E-state index in [-0.39, 0.29) is 11.9 Å². The van der Waals surface area contributed by atoms with Crippen molar-refractivity contribution in [3.05, 3.63) is 28.2 Å². The van der Waals surface area contributed by atoms with Crippen LogP contribution in [0.4, 0.5) is 0 Å². The highest BCUT2D eigenvalue weighted by molar-refractivity contribution is 9.10. The van der Waals surface area contributed by atoms with Gasteiger partial charge in [0.25, 0.3) is 0 Å². The molecular weight excluding hydrogens is 308 g/mol. The molecule has 1 aromatic rings. The lowest BCUT2D eigenvalue weighted by molar-refractivity contribution is -0.121. The van der Waals surface area contributed by atoms with Crippen molar-refractivity contribution in [3.8, 4) is 5.75 Å². The fraction of sp³-hybridized carbons (Fsp3) is 0.500. The monoisotopic (exact) mass is 328 g/mol. The standard InChI is InChI=1S/C14H21BrN2O2/c1-4-17-10(2)12-6-5-11(15)9-13(12)19-8-7-14(18)16-3/h5-6,9-10,17H,4,7-8H2,1-3H3,(H,16,18). The van der Waals surface area contributed by atoms with Crippen molar-refractivity contribution in [3.63, 3.8) is 0 Å². The van der Waals surface area contributed by atoms with E-state index in [2.05, 4.69) is 40.4 Å². The number of hydrogen-bond acceptors (Lipinski definition) is 3. The molecule has 0 saturated carbocycles. The van der Waals surface area contributed by atoms with E-state index >= 15 is 0 Å². The van der Waals surface area contributed by atoms with Gasteiger partial charge in [0.1, 0.15) is 5.75 Å². The lowest BCUT2D eigenvalue weighted by Gasteiger charge is -2.18. The molecule has 0 heterocycles. The number of ether oxygens (including phenoxy) is 1. The van der Waals surface area contributed by atoms with Crippen LogP contribution in [0.5, 0.6) is 5.75 Å². The Morgan fingerprint density at radius 2 is 2.21 bits per heavy atom. The fourth-order valence-corrected chi connectivity index (χ4v) is 2.13. The van der Waals surface area contributed by atoms with Gasteiger partial charge in [-0.05, 0) is 25.6 Å². The summed E-state index contributed by atoms with van der Waals surface area (Å²) in [6, 6.07) is 6.18. The largest absolute Gasteiger partial charge is 0.493 e. The third-order valence-corrected chi connectivity index (χ3v) is 3.31. The molecule has 0 radical (unpaired) electrons. The average Bonchev–Trinajstić information content (AvgIpc) is 2.38. The molecule has 0 spiro atoms. The van der Waals surface area contributed by atoms with E-state index < -0.39 is 0 Å². The molecule has 0 bridgehead atoms. The van der Waals surface area contributed by atoms with Crippen LogP contribution in [0.3, 0.4) is 0 Å². The summed E-state index contributed by atoms with van der Waals surface area (Å²) in [4.78, 5) is 11.2. The van der Waals surface area contributed by atoms with Crippen molar-refractivity contribution >= 4 is 21.8 Å². The van der Waals surface area contributed by atoms with E-state index in [1.807, 2.05) is 18.2 Å². The Morgan fingerprint density at radius 3 is 2.84 bits per heavy atom. The number of nitrogens with one attached hydrogen (secondary N) is 2. The van der Waals surface area contributed by atoms with Crippen LogP contribution in [-0.4, -0.2) is 26.1 Å². The summed E-state index contributed by atoms with van der Waals surface area (Å²) in [5.41, 5.74) is 1.10. The minimum atomic E-state index is -0.0173. The molecule has 1 unspecified atom stereocenters. The van der Waals surface area contributed by atoms with Crippen LogP contribution in [0, 0.1) is 0 Å². The molecule has 19 heavy (non-hydrogen) atoms. The predicted octanol–water partition coefficient (Wildman–Crippen LogP) is 2.63. The number of carbonyl (C=O) groups excluding carboxylic acids is 1. The Morgan fingerprint density at radius 1 is 1.47 bits per heavy atom. The first kappa shape index (κ1) is 16.0. The van der Waals surface area contributed by atoms with Crippen LogP contribution >= 0.6 is 15.9 Å². The summed E-state index contributed by atoms with van der Waals surface area (Å²) < 4.78 is 6.69. The van der Waals surface area contributed by atoms with Gasteiger partial charge in [0.15, 0.2) is 0 Å². The number of benzene rings is 1. The quantitative estimate of drug-likeness (QED) is 0.809. The first-order valence-electron chi connectivity index (χ1n) is 6.44. The van der Waals surface area contributed by atoms with E-state index in [9.17, 15) is 4.79 Å². The van der Waals surface area contributed by atoms with E-state index in [1.54, 1.807) is 7.05 Å². The molecule has 2 N–H and O–H groups in total. The van der Waals surface area contributed by atoms with Crippen molar-refractivity contribution in [2.24, 2.45) is 0 Å². The lowest BCUT2D eigenvalue weighted by Crippen LogP contribution is -2.21. The van der Waals surface area contributed by atoms with Gasteiger partial charge in [-0.15, -0.1) is 0 Å². The first-order valence-corrected chi connectivity index (χ1v) is 7.24. The number of amides is 1. The summed E-state index contributed by atoms with van der Waals surface area (Å²) in [5.74, 6) is 0.794. The van der Waals surface area contributed by atoms with Crippen molar-refractivity contribution in [2.75, 3.05) is 20.2 Å². The number of hydrogen-bond donors (Lipinski definition) is 2. The van der Waals surface area contributed by atoms with E-state index in [4.69, 9.17) is 4.74 Å². The maximum Gasteiger partial charge on any atom is 0.223 e. The Hall–Kier alpha value is -1.07. The van der Waals surface area contributed by atoms with Gasteiger partial charge in [-0.1, -0.05) is 28.9 Å². The molecular formula is C14H21BrN2O2. The second-order valence-electron chi connectivity index (χ2n) is 4.23. The van der Waals surface area contributed by atoms with E-state index in [0.717, 1.165) is 22.3 Å². The normalized spacial score (nSPS) is 12.0. The van der Waals surface area contributed by atoms with Gasteiger partial charge in [0.2, 0.25) is 5.91 Å². The molecule has 0 aromatic heterocycles. The molecule has 4 nitrogen and oxygen atoms in total. The molecule has 0 saturated heterocycles. The lowest BCUT2D eigenvalue weighted by atomic mass is 10.1. The van der Waals surface area contributed by atoms with Crippen LogP contribution in [0.2, 0.25) is 0 Å². The van der Waals surface area contributed by atoms with Crippen molar-refractivity contribution in [2.45, 2.75) is 26.3 Å². The van der Waals surface area contributed by atoms with Crippen LogP contribution < -0.4 is 15.4 Å². The van der Waals surface area contributed by atoms with Gasteiger partial charge in [-0.25, -0.2) is 0 Å². The smallest absolute Gasteiger partial charge is 0.223 e. The Bertz CT molecular complexity index is 424. The fourth-order valence-electron chi connectivity index (χ4n) is 1.79. The second kappa shape index (κ2) is 8.17. The molecule has 106 valence electrons. The van der Waals surface area contributed by atoms with E-state index in [1.165, 1.54) is 0 Å². The summed E-state index contributed by atoms with van der Waals surface area (Å²) in [6.07, 6.45) is 0.359. The van der Waals surface area contributed by atoms with Gasteiger partial charge in [-0.3, -0.25) is 4.79 Å². The summed E-state index contributed by atoms with van der Waals surface area (Å²) in [7, 11) is 1.63. The maximum absolute atomic E-state index is 11.2. The van der Waals surface area contributed by atoms with Crippen molar-refractivity contribution in [1.82, 2.24) is 10.6 Å². The van der Waals surface area contributed by atoms with Crippen LogP contribution in [0.1, 0.15) is 31.9 Å². The predicted molar refractivity (Wildman–Crippen MR) is 80.4 cm³/mol. The highest BCUT2D eigenvalue weighted by atomic mass is 79.9. The van der Waals surface area contributed by atoms with Crippen LogP contribution in [-0.2, 0) is 4.79 Å². The molecule has 1 atom stereocenters. The highest BCUT2D eigenvalue weighted by Crippen LogP contribution is 2.28. The molecule has 1 aromatic carbocycles. The Balaban J connectivity index is 2.73. The number of carbonyl (C=O) groups is 1. The van der Waals surface area contributed by atoms with Crippen molar-refractivity contribution < 1.29 is 9.53 Å². The van der Waals surface area contributed by atoms with Gasteiger partial charge < -0.3 is 15.4 Å². The summed E-state index contributed by atoms with van der Waals surface area (Å²) >= 11 is 3.44. The zero-order chi connectivity index (χ0) is 14.3. The number of halogens is 1. The maximum atomic E-state index is 11.2. The van der Waals surface area contributed by atoms with Crippen molar-refractivity contribution in [1.29, 1.82) is 0 Å². The zero-order valence-corrected chi connectivity index (χ0v) is 13.2. The summed E-state index contributed by atoms with van der Waals surface area (Å²) in [6.45, 7) is 5.44. The molecule has 0 aliphatic rings. The van der Waals surface area contributed by atoms with Gasteiger partial charge in [-0.2, -0.15) is 0 Å². The molecule has 0 fully saturated rings. The van der Waals surface area contributed by atoms with Crippen LogP contribution in [0.25, 0.3) is 0 Å². The molecule has 1 amide bonds. The molecule has 1 rings (SSSR count).